The maximum absolute atomic E-state index is 14.1. The van der Waals surface area contributed by atoms with E-state index in [4.69, 9.17) is 4.42 Å². The molecule has 2 aliphatic heterocycles. The Morgan fingerprint density at radius 3 is 2.49 bits per heavy atom. The van der Waals surface area contributed by atoms with E-state index in [1.165, 1.54) is 12.1 Å². The Balaban J connectivity index is 1.61. The molecule has 2 aliphatic rings. The van der Waals surface area contributed by atoms with Crippen LogP contribution in [0.1, 0.15) is 24.1 Å². The van der Waals surface area contributed by atoms with Gasteiger partial charge in [0.25, 0.3) is 11.8 Å². The topological polar surface area (TPSA) is 87.9 Å². The summed E-state index contributed by atoms with van der Waals surface area (Å²) in [5, 5.41) is 0. The van der Waals surface area contributed by atoms with Crippen LogP contribution in [0.2, 0.25) is 0 Å². The minimum atomic E-state index is -4.90. The molecule has 1 atom stereocenters. The number of ether oxygens (including phenoxy) is 1. The molecule has 0 radical (unpaired) electrons. The van der Waals surface area contributed by atoms with Gasteiger partial charge in [0, 0.05) is 23.6 Å². The number of amides is 1. The first kappa shape index (κ1) is 22.8. The van der Waals surface area contributed by atoms with Crippen molar-refractivity contribution in [1.82, 2.24) is 9.88 Å². The van der Waals surface area contributed by atoms with Crippen molar-refractivity contribution in [1.29, 1.82) is 0 Å². The standard InChI is InChI=1S/C23H16F5N3O4/c1-22(24,25)10-31-18(11-5-7-12(8-6-11)35-23(26,27)28)16-14(20(31)32)9-29-17(16)13-3-2-4-15-19(13)34-21(33)30-15/h2-8,18H,9-10H2,1H3,(H,30,33). The number of hydrogen-bond donors (Lipinski definition) is 1. The van der Waals surface area contributed by atoms with Crippen molar-refractivity contribution in [3.63, 3.8) is 0 Å². The smallest absolute Gasteiger partial charge is 0.407 e. The largest absolute Gasteiger partial charge is 0.573 e. The van der Waals surface area contributed by atoms with Crippen LogP contribution in [0.3, 0.4) is 0 Å². The highest BCUT2D eigenvalue weighted by molar-refractivity contribution is 6.25. The first-order valence-corrected chi connectivity index (χ1v) is 10.4. The average Bonchev–Trinajstić information content (AvgIpc) is 3.40. The molecule has 7 nitrogen and oxygen atoms in total. The van der Waals surface area contributed by atoms with Gasteiger partial charge in [0.2, 0.25) is 0 Å². The molecule has 182 valence electrons. The maximum Gasteiger partial charge on any atom is 0.573 e. The molecular weight excluding hydrogens is 477 g/mol. The van der Waals surface area contributed by atoms with Gasteiger partial charge in [-0.25, -0.2) is 13.6 Å². The van der Waals surface area contributed by atoms with E-state index in [0.29, 0.717) is 29.1 Å². The SMILES string of the molecule is CC(F)(F)CN1C(=O)C2=C(C(c3cccc4[nH]c(=O)oc34)=NC2)C1c1ccc(OC(F)(F)F)cc1. The number of benzene rings is 2. The number of aromatic amines is 1. The normalized spacial score (nSPS) is 18.5. The molecule has 5 rings (SSSR count). The summed E-state index contributed by atoms with van der Waals surface area (Å²) in [4.78, 5) is 32.8. The number of halogens is 5. The number of carbonyl (C=O) groups is 1. The molecule has 35 heavy (non-hydrogen) atoms. The highest BCUT2D eigenvalue weighted by atomic mass is 19.4. The van der Waals surface area contributed by atoms with Crippen LogP contribution >= 0.6 is 0 Å². The van der Waals surface area contributed by atoms with Crippen LogP contribution in [-0.4, -0.2) is 46.9 Å². The summed E-state index contributed by atoms with van der Waals surface area (Å²) in [6.07, 6.45) is -4.90. The number of hydrogen-bond acceptors (Lipinski definition) is 5. The minimum absolute atomic E-state index is 0.0773. The van der Waals surface area contributed by atoms with Crippen LogP contribution in [-0.2, 0) is 4.79 Å². The second-order valence-electron chi connectivity index (χ2n) is 8.28. The fourth-order valence-corrected chi connectivity index (χ4v) is 4.45. The maximum atomic E-state index is 14.1. The number of fused-ring (bicyclic) bond motifs is 1. The Morgan fingerprint density at radius 2 is 1.83 bits per heavy atom. The number of oxazole rings is 1. The highest BCUT2D eigenvalue weighted by Crippen LogP contribution is 2.44. The monoisotopic (exact) mass is 493 g/mol. The van der Waals surface area contributed by atoms with Crippen LogP contribution in [0.4, 0.5) is 22.0 Å². The lowest BCUT2D eigenvalue weighted by Gasteiger charge is -2.30. The van der Waals surface area contributed by atoms with Gasteiger partial charge in [-0.1, -0.05) is 18.2 Å². The third-order valence-corrected chi connectivity index (χ3v) is 5.66. The van der Waals surface area contributed by atoms with Gasteiger partial charge in [-0.15, -0.1) is 13.2 Å². The van der Waals surface area contributed by atoms with E-state index in [0.717, 1.165) is 17.0 Å². The van der Waals surface area contributed by atoms with E-state index in [2.05, 4.69) is 14.7 Å². The van der Waals surface area contributed by atoms with Crippen molar-refractivity contribution in [2.45, 2.75) is 25.3 Å². The summed E-state index contributed by atoms with van der Waals surface area (Å²) in [6.45, 7) is -0.321. The Labute approximate surface area is 193 Å². The predicted octanol–water partition coefficient (Wildman–Crippen LogP) is 4.36. The van der Waals surface area contributed by atoms with Crippen LogP contribution in [0.5, 0.6) is 5.75 Å². The Hall–Kier alpha value is -3.96. The number of aromatic nitrogens is 1. The van der Waals surface area contributed by atoms with Crippen molar-refractivity contribution < 1.29 is 35.9 Å². The molecule has 12 heteroatoms. The van der Waals surface area contributed by atoms with Crippen LogP contribution in [0.15, 0.2) is 67.8 Å². The number of nitrogens with zero attached hydrogens (tertiary/aromatic N) is 2. The van der Waals surface area contributed by atoms with E-state index in [1.807, 2.05) is 0 Å². The third-order valence-electron chi connectivity index (χ3n) is 5.66. The van der Waals surface area contributed by atoms with Crippen LogP contribution < -0.4 is 10.5 Å². The molecule has 2 aromatic carbocycles. The summed E-state index contributed by atoms with van der Waals surface area (Å²) in [5.74, 6) is -5.08. The van der Waals surface area contributed by atoms with Crippen LogP contribution in [0, 0.1) is 0 Å². The second-order valence-corrected chi connectivity index (χ2v) is 8.28. The van der Waals surface area contributed by atoms with Crippen LogP contribution in [0.25, 0.3) is 11.1 Å². The van der Waals surface area contributed by atoms with Gasteiger partial charge in [0.05, 0.1) is 30.4 Å². The number of aliphatic imine (C=N–C) groups is 1. The van der Waals surface area contributed by atoms with Gasteiger partial charge in [0.15, 0.2) is 5.58 Å². The van der Waals surface area contributed by atoms with Gasteiger partial charge in [-0.05, 0) is 29.8 Å². The summed E-state index contributed by atoms with van der Waals surface area (Å²) in [7, 11) is 0. The van der Waals surface area contributed by atoms with Crippen molar-refractivity contribution in [2.75, 3.05) is 13.1 Å². The predicted molar refractivity (Wildman–Crippen MR) is 113 cm³/mol. The van der Waals surface area contributed by atoms with E-state index in [-0.39, 0.29) is 23.4 Å². The molecule has 1 unspecified atom stereocenters. The quantitative estimate of drug-likeness (QED) is 0.536. The molecule has 0 bridgehead atoms. The van der Waals surface area contributed by atoms with E-state index < -0.39 is 42.3 Å². The fraction of sp³-hybridized carbons (Fsp3) is 0.261. The minimum Gasteiger partial charge on any atom is -0.407 e. The number of para-hydroxylation sites is 1. The summed E-state index contributed by atoms with van der Waals surface area (Å²) < 4.78 is 75.0. The Bertz CT molecular complexity index is 1440. The Kier molecular flexibility index (Phi) is 5.08. The zero-order valence-electron chi connectivity index (χ0n) is 18.0. The Morgan fingerprint density at radius 1 is 1.11 bits per heavy atom. The number of nitrogens with one attached hydrogen (secondary N) is 1. The number of H-pyrrole nitrogens is 1. The molecule has 0 aliphatic carbocycles. The zero-order valence-corrected chi connectivity index (χ0v) is 18.0. The molecule has 3 aromatic rings. The van der Waals surface area contributed by atoms with Crippen molar-refractivity contribution in [2.24, 2.45) is 4.99 Å². The van der Waals surface area contributed by atoms with Gasteiger partial charge >= 0.3 is 12.1 Å². The first-order chi connectivity index (χ1) is 16.4. The molecule has 0 fully saturated rings. The third kappa shape index (κ3) is 4.19. The van der Waals surface area contributed by atoms with E-state index in [1.54, 1.807) is 18.2 Å². The molecule has 1 amide bonds. The lowest BCUT2D eigenvalue weighted by atomic mass is 9.91. The molecule has 1 N–H and O–H groups in total. The highest BCUT2D eigenvalue weighted by Gasteiger charge is 2.47. The van der Waals surface area contributed by atoms with Gasteiger partial charge in [0.1, 0.15) is 5.75 Å². The second kappa shape index (κ2) is 7.79. The van der Waals surface area contributed by atoms with E-state index in [9.17, 15) is 31.5 Å². The summed E-state index contributed by atoms with van der Waals surface area (Å²) >= 11 is 0. The fourth-order valence-electron chi connectivity index (χ4n) is 4.45. The molecule has 0 spiro atoms. The first-order valence-electron chi connectivity index (χ1n) is 10.4. The zero-order chi connectivity index (χ0) is 25.1. The molecule has 1 aromatic heterocycles. The van der Waals surface area contributed by atoms with Crippen molar-refractivity contribution >= 4 is 22.7 Å². The lowest BCUT2D eigenvalue weighted by molar-refractivity contribution is -0.274. The van der Waals surface area contributed by atoms with E-state index >= 15 is 0 Å². The lowest BCUT2D eigenvalue weighted by Crippen LogP contribution is -2.40. The average molecular weight is 493 g/mol. The van der Waals surface area contributed by atoms with Crippen molar-refractivity contribution in [3.05, 3.63) is 75.3 Å². The van der Waals surface area contributed by atoms with Gasteiger partial charge in [-0.2, -0.15) is 0 Å². The molecule has 0 saturated heterocycles. The van der Waals surface area contributed by atoms with Gasteiger partial charge < -0.3 is 14.1 Å². The molecule has 0 saturated carbocycles. The van der Waals surface area contributed by atoms with Crippen molar-refractivity contribution in [3.8, 4) is 5.75 Å². The summed E-state index contributed by atoms with van der Waals surface area (Å²) in [6, 6.07) is 8.47. The number of rotatable bonds is 5. The molecular formula is C23H16F5N3O4. The molecule has 3 heterocycles. The van der Waals surface area contributed by atoms with Gasteiger partial charge in [-0.3, -0.25) is 14.8 Å². The summed E-state index contributed by atoms with van der Waals surface area (Å²) in [5.41, 5.74) is 2.05. The number of carbonyl (C=O) groups excluding carboxylic acids is 1. The number of alkyl halides is 5.